The van der Waals surface area contributed by atoms with E-state index in [0.29, 0.717) is 24.1 Å². The molecule has 0 radical (unpaired) electrons. The summed E-state index contributed by atoms with van der Waals surface area (Å²) >= 11 is 0. The quantitative estimate of drug-likeness (QED) is 0.859. The Morgan fingerprint density at radius 2 is 1.60 bits per heavy atom. The zero-order valence-corrected chi connectivity index (χ0v) is 13.4. The number of methoxy groups -OCH3 is 1. The lowest BCUT2D eigenvalue weighted by Crippen LogP contribution is -2.44. The van der Waals surface area contributed by atoms with Crippen molar-refractivity contribution < 1.29 is 4.74 Å². The molecule has 1 N–H and O–H groups in total. The van der Waals surface area contributed by atoms with Crippen LogP contribution in [0.3, 0.4) is 0 Å². The summed E-state index contributed by atoms with van der Waals surface area (Å²) in [5.41, 5.74) is 2.78. The van der Waals surface area contributed by atoms with E-state index in [0.717, 1.165) is 0 Å². The van der Waals surface area contributed by atoms with Crippen LogP contribution in [-0.4, -0.2) is 19.3 Å². The van der Waals surface area contributed by atoms with Crippen LogP contribution in [0, 0.1) is 0 Å². The maximum Gasteiger partial charge on any atom is 0.0724 e. The molecule has 3 atom stereocenters. The number of hydrogen-bond donors (Lipinski definition) is 1. The Kier molecular flexibility index (Phi) is 5.62. The second kappa shape index (κ2) is 7.24. The van der Waals surface area contributed by atoms with Gasteiger partial charge in [-0.25, -0.2) is 0 Å². The highest BCUT2D eigenvalue weighted by atomic mass is 16.5. The van der Waals surface area contributed by atoms with Gasteiger partial charge in [0.15, 0.2) is 0 Å². The minimum absolute atomic E-state index is 0.376. The molecule has 1 aliphatic carbocycles. The lowest BCUT2D eigenvalue weighted by molar-refractivity contribution is 0.0384. The molecule has 1 aromatic carbocycles. The van der Waals surface area contributed by atoms with Crippen LogP contribution < -0.4 is 5.32 Å². The van der Waals surface area contributed by atoms with Gasteiger partial charge in [-0.05, 0) is 36.8 Å². The summed E-state index contributed by atoms with van der Waals surface area (Å²) in [7, 11) is 1.84. The van der Waals surface area contributed by atoms with Crippen molar-refractivity contribution >= 4 is 0 Å². The third-order valence-electron chi connectivity index (χ3n) is 4.57. The molecule has 112 valence electrons. The van der Waals surface area contributed by atoms with Gasteiger partial charge in [0.05, 0.1) is 6.10 Å². The summed E-state index contributed by atoms with van der Waals surface area (Å²) < 4.78 is 5.63. The number of rotatable bonds is 5. The first-order valence-corrected chi connectivity index (χ1v) is 8.00. The zero-order chi connectivity index (χ0) is 14.5. The Labute approximate surface area is 123 Å². The predicted molar refractivity (Wildman–Crippen MR) is 85.1 cm³/mol. The second-order valence-electron chi connectivity index (χ2n) is 6.37. The van der Waals surface area contributed by atoms with E-state index in [2.05, 4.69) is 50.4 Å². The molecule has 2 nitrogen and oxygen atoms in total. The number of hydrogen-bond acceptors (Lipinski definition) is 2. The van der Waals surface area contributed by atoms with Crippen LogP contribution in [0.15, 0.2) is 24.3 Å². The molecule has 0 heterocycles. The van der Waals surface area contributed by atoms with E-state index < -0.39 is 0 Å². The van der Waals surface area contributed by atoms with Crippen molar-refractivity contribution in [2.45, 2.75) is 70.6 Å². The second-order valence-corrected chi connectivity index (χ2v) is 6.37. The molecule has 2 rings (SSSR count). The van der Waals surface area contributed by atoms with E-state index in [1.165, 1.54) is 36.8 Å². The molecule has 1 aliphatic rings. The van der Waals surface area contributed by atoms with Crippen molar-refractivity contribution in [2.75, 3.05) is 7.11 Å². The van der Waals surface area contributed by atoms with Gasteiger partial charge in [-0.3, -0.25) is 0 Å². The van der Waals surface area contributed by atoms with Crippen molar-refractivity contribution in [3.63, 3.8) is 0 Å². The zero-order valence-electron chi connectivity index (χ0n) is 13.4. The van der Waals surface area contributed by atoms with E-state index in [9.17, 15) is 0 Å². The Morgan fingerprint density at radius 3 is 2.20 bits per heavy atom. The standard InChI is InChI=1S/C18H29NO/c1-13(2)15-9-11-16(12-10-15)14(3)19-17-7-5-6-8-18(17)20-4/h9-14,17-19H,5-8H2,1-4H3. The van der Waals surface area contributed by atoms with Gasteiger partial charge in [-0.1, -0.05) is 51.0 Å². The molecule has 0 spiro atoms. The SMILES string of the molecule is COC1CCCCC1NC(C)c1ccc(C(C)C)cc1. The van der Waals surface area contributed by atoms with Crippen LogP contribution in [-0.2, 0) is 4.74 Å². The van der Waals surface area contributed by atoms with Crippen molar-refractivity contribution in [2.24, 2.45) is 0 Å². The lowest BCUT2D eigenvalue weighted by Gasteiger charge is -2.33. The van der Waals surface area contributed by atoms with Crippen LogP contribution >= 0.6 is 0 Å². The maximum atomic E-state index is 5.63. The van der Waals surface area contributed by atoms with E-state index >= 15 is 0 Å². The summed E-state index contributed by atoms with van der Waals surface area (Å²) in [6, 6.07) is 9.92. The predicted octanol–water partition coefficient (Wildman–Crippen LogP) is 4.42. The molecule has 0 amide bonds. The number of ether oxygens (including phenoxy) is 1. The van der Waals surface area contributed by atoms with Gasteiger partial charge in [0.25, 0.3) is 0 Å². The van der Waals surface area contributed by atoms with E-state index in [1.807, 2.05) is 7.11 Å². The topological polar surface area (TPSA) is 21.3 Å². The van der Waals surface area contributed by atoms with Crippen molar-refractivity contribution in [1.29, 1.82) is 0 Å². The smallest absolute Gasteiger partial charge is 0.0724 e. The molecule has 1 saturated carbocycles. The summed E-state index contributed by atoms with van der Waals surface area (Å²) in [5.74, 6) is 0.600. The molecule has 20 heavy (non-hydrogen) atoms. The first-order chi connectivity index (χ1) is 9.61. The summed E-state index contributed by atoms with van der Waals surface area (Å²) in [6.45, 7) is 6.73. The third kappa shape index (κ3) is 3.83. The minimum Gasteiger partial charge on any atom is -0.380 e. The van der Waals surface area contributed by atoms with E-state index in [4.69, 9.17) is 4.74 Å². The highest BCUT2D eigenvalue weighted by Crippen LogP contribution is 2.24. The molecule has 0 aromatic heterocycles. The van der Waals surface area contributed by atoms with Crippen LogP contribution in [0.4, 0.5) is 0 Å². The van der Waals surface area contributed by atoms with Gasteiger partial charge < -0.3 is 10.1 Å². The van der Waals surface area contributed by atoms with Gasteiger partial charge >= 0.3 is 0 Å². The number of benzene rings is 1. The van der Waals surface area contributed by atoms with Crippen molar-refractivity contribution in [3.8, 4) is 0 Å². The van der Waals surface area contributed by atoms with Crippen molar-refractivity contribution in [3.05, 3.63) is 35.4 Å². The highest BCUT2D eigenvalue weighted by Gasteiger charge is 2.26. The van der Waals surface area contributed by atoms with Crippen LogP contribution in [0.25, 0.3) is 0 Å². The molecule has 0 saturated heterocycles. The Morgan fingerprint density at radius 1 is 1.00 bits per heavy atom. The molecular formula is C18H29NO. The maximum absolute atomic E-state index is 5.63. The fourth-order valence-corrected chi connectivity index (χ4v) is 3.16. The Hall–Kier alpha value is -0.860. The van der Waals surface area contributed by atoms with Gasteiger partial charge in [-0.15, -0.1) is 0 Å². The highest BCUT2D eigenvalue weighted by molar-refractivity contribution is 5.26. The van der Waals surface area contributed by atoms with Gasteiger partial charge in [0.2, 0.25) is 0 Å². The van der Waals surface area contributed by atoms with Gasteiger partial charge in [0, 0.05) is 19.2 Å². The fourth-order valence-electron chi connectivity index (χ4n) is 3.16. The Bertz CT molecular complexity index is 398. The summed E-state index contributed by atoms with van der Waals surface area (Å²) in [6.07, 6.45) is 5.41. The molecule has 1 aromatic rings. The lowest BCUT2D eigenvalue weighted by atomic mass is 9.91. The van der Waals surface area contributed by atoms with Gasteiger partial charge in [-0.2, -0.15) is 0 Å². The fraction of sp³-hybridized carbons (Fsp3) is 0.667. The summed E-state index contributed by atoms with van der Waals surface area (Å²) in [5, 5.41) is 3.76. The average molecular weight is 275 g/mol. The van der Waals surface area contributed by atoms with Crippen LogP contribution in [0.1, 0.15) is 69.5 Å². The van der Waals surface area contributed by atoms with Crippen LogP contribution in [0.5, 0.6) is 0 Å². The first-order valence-electron chi connectivity index (χ1n) is 8.00. The molecule has 3 unspecified atom stereocenters. The van der Waals surface area contributed by atoms with E-state index in [1.54, 1.807) is 0 Å². The Balaban J connectivity index is 1.98. The molecule has 1 fully saturated rings. The first kappa shape index (κ1) is 15.5. The molecule has 0 aliphatic heterocycles. The third-order valence-corrected chi connectivity index (χ3v) is 4.57. The summed E-state index contributed by atoms with van der Waals surface area (Å²) in [4.78, 5) is 0. The normalized spacial score (nSPS) is 24.9. The monoisotopic (exact) mass is 275 g/mol. The van der Waals surface area contributed by atoms with Gasteiger partial charge in [0.1, 0.15) is 0 Å². The largest absolute Gasteiger partial charge is 0.380 e. The molecular weight excluding hydrogens is 246 g/mol. The molecule has 2 heteroatoms. The van der Waals surface area contributed by atoms with E-state index in [-0.39, 0.29) is 0 Å². The van der Waals surface area contributed by atoms with Crippen molar-refractivity contribution in [1.82, 2.24) is 5.32 Å². The van der Waals surface area contributed by atoms with Crippen LogP contribution in [0.2, 0.25) is 0 Å². The average Bonchev–Trinajstić information content (AvgIpc) is 2.48. The molecule has 0 bridgehead atoms. The number of nitrogens with one attached hydrogen (secondary N) is 1. The minimum atomic E-state index is 0.376.